The summed E-state index contributed by atoms with van der Waals surface area (Å²) < 4.78 is 0. The summed E-state index contributed by atoms with van der Waals surface area (Å²) in [5.74, 6) is -3.11. The Kier molecular flexibility index (Phi) is 3.23. The van der Waals surface area contributed by atoms with Crippen molar-refractivity contribution < 1.29 is 29.4 Å². The maximum absolute atomic E-state index is 11.5. The summed E-state index contributed by atoms with van der Waals surface area (Å²) in [7, 11) is 0. The van der Waals surface area contributed by atoms with Crippen LogP contribution < -0.4 is 0 Å². The molecule has 1 aliphatic heterocycles. The number of carboxylic acid groups (broad SMARTS) is 1. The van der Waals surface area contributed by atoms with E-state index in [1.54, 1.807) is 0 Å². The van der Waals surface area contributed by atoms with Gasteiger partial charge in [-0.15, -0.1) is 0 Å². The topological polar surface area (TPSA) is 115 Å². The summed E-state index contributed by atoms with van der Waals surface area (Å²) in [6, 6.07) is -1.24. The molecule has 0 aromatic rings. The van der Waals surface area contributed by atoms with Crippen LogP contribution in [0.2, 0.25) is 0 Å². The van der Waals surface area contributed by atoms with E-state index in [9.17, 15) is 19.2 Å². The van der Waals surface area contributed by atoms with Crippen molar-refractivity contribution in [1.82, 2.24) is 9.80 Å². The molecule has 0 radical (unpaired) electrons. The van der Waals surface area contributed by atoms with E-state index >= 15 is 0 Å². The molecule has 0 bridgehead atoms. The van der Waals surface area contributed by atoms with Crippen LogP contribution >= 0.6 is 0 Å². The first-order valence-corrected chi connectivity index (χ1v) is 4.45. The lowest BCUT2D eigenvalue weighted by atomic mass is 10.1. The summed E-state index contributed by atoms with van der Waals surface area (Å²) in [6.07, 6.45) is -1.74. The Labute approximate surface area is 90.0 Å². The SMILES string of the molecule is CC1C(=O)N(CCO)C(=O)N(C(=O)O)C1=O. The van der Waals surface area contributed by atoms with E-state index < -0.39 is 36.5 Å². The molecule has 88 valence electrons. The van der Waals surface area contributed by atoms with Gasteiger partial charge in [0, 0.05) is 0 Å². The van der Waals surface area contributed by atoms with Gasteiger partial charge in [0.15, 0.2) is 0 Å². The Morgan fingerprint density at radius 1 is 1.31 bits per heavy atom. The molecule has 0 aromatic heterocycles. The Morgan fingerprint density at radius 3 is 2.31 bits per heavy atom. The van der Waals surface area contributed by atoms with Gasteiger partial charge in [-0.2, -0.15) is 4.90 Å². The van der Waals surface area contributed by atoms with Crippen LogP contribution in [0.5, 0.6) is 0 Å². The van der Waals surface area contributed by atoms with Gasteiger partial charge in [-0.3, -0.25) is 14.5 Å². The van der Waals surface area contributed by atoms with Crippen LogP contribution in [0.25, 0.3) is 0 Å². The maximum atomic E-state index is 11.5. The monoisotopic (exact) mass is 230 g/mol. The van der Waals surface area contributed by atoms with E-state index in [0.717, 1.165) is 0 Å². The average Bonchev–Trinajstić information content (AvgIpc) is 2.21. The normalized spacial score (nSPS) is 21.6. The second kappa shape index (κ2) is 4.27. The number of β-amino-alcohol motifs (C(OH)–C–C–N with tert-alkyl or cyclic N) is 1. The van der Waals surface area contributed by atoms with Crippen LogP contribution in [0.4, 0.5) is 9.59 Å². The number of hydrogen-bond acceptors (Lipinski definition) is 5. The Bertz CT molecular complexity index is 366. The largest absolute Gasteiger partial charge is 0.464 e. The molecule has 1 unspecified atom stereocenters. The molecule has 1 atom stereocenters. The van der Waals surface area contributed by atoms with Crippen LogP contribution in [0.1, 0.15) is 6.92 Å². The predicted molar refractivity (Wildman–Crippen MR) is 48.2 cm³/mol. The van der Waals surface area contributed by atoms with Crippen molar-refractivity contribution in [2.75, 3.05) is 13.2 Å². The molecule has 0 aromatic carbocycles. The fourth-order valence-corrected chi connectivity index (χ4v) is 1.32. The Balaban J connectivity index is 3.07. The van der Waals surface area contributed by atoms with Gasteiger partial charge in [-0.25, -0.2) is 9.59 Å². The van der Waals surface area contributed by atoms with E-state index in [-0.39, 0.29) is 11.4 Å². The predicted octanol–water partition coefficient (Wildman–Crippen LogP) is -0.916. The number of aliphatic hydroxyl groups is 1. The lowest BCUT2D eigenvalue weighted by Gasteiger charge is -2.32. The molecule has 0 aliphatic carbocycles. The van der Waals surface area contributed by atoms with Gasteiger partial charge >= 0.3 is 12.1 Å². The number of aliphatic hydroxyl groups excluding tert-OH is 1. The fraction of sp³-hybridized carbons (Fsp3) is 0.500. The number of rotatable bonds is 2. The van der Waals surface area contributed by atoms with Gasteiger partial charge < -0.3 is 10.2 Å². The Morgan fingerprint density at radius 2 is 1.88 bits per heavy atom. The van der Waals surface area contributed by atoms with Crippen LogP contribution in [-0.4, -0.2) is 57.1 Å². The molecule has 0 spiro atoms. The lowest BCUT2D eigenvalue weighted by molar-refractivity contribution is -0.147. The third kappa shape index (κ3) is 1.74. The number of urea groups is 1. The van der Waals surface area contributed by atoms with Gasteiger partial charge in [0.25, 0.3) is 5.91 Å². The molecule has 0 saturated carbocycles. The first-order chi connectivity index (χ1) is 7.41. The smallest absolute Gasteiger partial charge is 0.422 e. The van der Waals surface area contributed by atoms with Crippen molar-refractivity contribution in [3.63, 3.8) is 0 Å². The highest BCUT2D eigenvalue weighted by Gasteiger charge is 2.46. The summed E-state index contributed by atoms with van der Waals surface area (Å²) in [6.45, 7) is 0.377. The number of nitrogens with zero attached hydrogens (tertiary/aromatic N) is 2. The number of carbonyl (C=O) groups excluding carboxylic acids is 3. The van der Waals surface area contributed by atoms with Crippen molar-refractivity contribution in [3.8, 4) is 0 Å². The molecule has 5 amide bonds. The van der Waals surface area contributed by atoms with Crippen molar-refractivity contribution in [2.24, 2.45) is 5.92 Å². The van der Waals surface area contributed by atoms with Gasteiger partial charge in [-0.05, 0) is 6.92 Å². The highest BCUT2D eigenvalue weighted by molar-refractivity contribution is 6.21. The van der Waals surface area contributed by atoms with Crippen molar-refractivity contribution in [3.05, 3.63) is 0 Å². The van der Waals surface area contributed by atoms with Crippen molar-refractivity contribution >= 4 is 23.9 Å². The molecule has 8 nitrogen and oxygen atoms in total. The van der Waals surface area contributed by atoms with E-state index in [1.807, 2.05) is 0 Å². The number of imide groups is 4. The zero-order valence-electron chi connectivity index (χ0n) is 8.41. The van der Waals surface area contributed by atoms with Crippen molar-refractivity contribution in [2.45, 2.75) is 6.92 Å². The third-order valence-corrected chi connectivity index (χ3v) is 2.16. The van der Waals surface area contributed by atoms with Gasteiger partial charge in [0.1, 0.15) is 5.92 Å². The highest BCUT2D eigenvalue weighted by Crippen LogP contribution is 2.17. The van der Waals surface area contributed by atoms with Gasteiger partial charge in [0.2, 0.25) is 5.91 Å². The minimum Gasteiger partial charge on any atom is -0.464 e. The van der Waals surface area contributed by atoms with Crippen LogP contribution in [0.15, 0.2) is 0 Å². The zero-order valence-corrected chi connectivity index (χ0v) is 8.41. The first-order valence-electron chi connectivity index (χ1n) is 4.45. The van der Waals surface area contributed by atoms with E-state index in [0.29, 0.717) is 4.90 Å². The molecule has 1 heterocycles. The minimum absolute atomic E-state index is 0.0261. The second-order valence-electron chi connectivity index (χ2n) is 3.17. The van der Waals surface area contributed by atoms with Crippen LogP contribution in [0.3, 0.4) is 0 Å². The van der Waals surface area contributed by atoms with Crippen LogP contribution in [-0.2, 0) is 9.59 Å². The summed E-state index contributed by atoms with van der Waals surface area (Å²) in [5.41, 5.74) is 0. The molecule has 2 N–H and O–H groups in total. The van der Waals surface area contributed by atoms with Crippen LogP contribution in [0, 0.1) is 5.92 Å². The summed E-state index contributed by atoms with van der Waals surface area (Å²) in [5, 5.41) is 17.3. The molecule has 1 fully saturated rings. The van der Waals surface area contributed by atoms with E-state index in [2.05, 4.69) is 0 Å². The molecule has 1 saturated heterocycles. The van der Waals surface area contributed by atoms with Gasteiger partial charge in [-0.1, -0.05) is 0 Å². The molecule has 1 rings (SSSR count). The summed E-state index contributed by atoms with van der Waals surface area (Å²) >= 11 is 0. The van der Waals surface area contributed by atoms with E-state index in [1.165, 1.54) is 6.92 Å². The number of hydrogen-bond donors (Lipinski definition) is 2. The van der Waals surface area contributed by atoms with Crippen molar-refractivity contribution in [1.29, 1.82) is 0 Å². The first kappa shape index (κ1) is 12.1. The minimum atomic E-state index is -1.74. The number of carbonyl (C=O) groups is 4. The van der Waals surface area contributed by atoms with Gasteiger partial charge in [0.05, 0.1) is 13.2 Å². The quantitative estimate of drug-likeness (QED) is 0.593. The standard InChI is InChI=1S/C8H10N2O6/c1-4-5(12)9(2-3-11)7(14)10(6(4)13)8(15)16/h4,11H,2-3H2,1H3,(H,15,16). The lowest BCUT2D eigenvalue weighted by Crippen LogP contribution is -2.60. The number of amides is 5. The maximum Gasteiger partial charge on any atom is 0.422 e. The zero-order chi connectivity index (χ0) is 12.5. The summed E-state index contributed by atoms with van der Waals surface area (Å²) in [4.78, 5) is 45.4. The fourth-order valence-electron chi connectivity index (χ4n) is 1.32. The third-order valence-electron chi connectivity index (χ3n) is 2.16. The molecule has 16 heavy (non-hydrogen) atoms. The average molecular weight is 230 g/mol. The molecular formula is C8H10N2O6. The highest BCUT2D eigenvalue weighted by atomic mass is 16.4. The van der Waals surface area contributed by atoms with E-state index in [4.69, 9.17) is 10.2 Å². The second-order valence-corrected chi connectivity index (χ2v) is 3.17. The number of barbiturate groups is 1. The molecular weight excluding hydrogens is 220 g/mol. The molecule has 8 heteroatoms. The molecule has 1 aliphatic rings. The Hall–Kier alpha value is -1.96.